The van der Waals surface area contributed by atoms with E-state index < -0.39 is 5.54 Å². The number of amides is 1. The first-order valence-electron chi connectivity index (χ1n) is 5.58. The molecule has 16 heavy (non-hydrogen) atoms. The Balaban J connectivity index is 2.20. The molecule has 0 saturated heterocycles. The lowest BCUT2D eigenvalue weighted by Crippen LogP contribution is -2.52. The molecular weight excluding hydrogens is 204 g/mol. The number of nitrogens with one attached hydrogen (secondary N) is 1. The van der Waals surface area contributed by atoms with Gasteiger partial charge in [-0.25, -0.2) is 0 Å². The van der Waals surface area contributed by atoms with E-state index in [1.807, 2.05) is 17.7 Å². The van der Waals surface area contributed by atoms with E-state index in [1.165, 1.54) is 0 Å². The van der Waals surface area contributed by atoms with Crippen molar-refractivity contribution in [3.63, 3.8) is 0 Å². The van der Waals surface area contributed by atoms with Crippen molar-refractivity contribution in [2.75, 3.05) is 7.05 Å². The van der Waals surface area contributed by atoms with Crippen LogP contribution in [0.25, 0.3) is 0 Å². The SMILES string of the molecule is CNC1(C(N)=O)CCC(n2nccc2C)C1. The second kappa shape index (κ2) is 3.90. The van der Waals surface area contributed by atoms with Crippen LogP contribution < -0.4 is 11.1 Å². The van der Waals surface area contributed by atoms with Crippen molar-refractivity contribution in [3.8, 4) is 0 Å². The van der Waals surface area contributed by atoms with Crippen LogP contribution in [-0.4, -0.2) is 28.3 Å². The lowest BCUT2D eigenvalue weighted by atomic mass is 9.97. The third kappa shape index (κ3) is 1.61. The molecule has 0 bridgehead atoms. The summed E-state index contributed by atoms with van der Waals surface area (Å²) in [5.41, 5.74) is 6.04. The van der Waals surface area contributed by atoms with Gasteiger partial charge < -0.3 is 11.1 Å². The van der Waals surface area contributed by atoms with Crippen LogP contribution in [0, 0.1) is 6.92 Å². The van der Waals surface area contributed by atoms with Crippen LogP contribution in [0.1, 0.15) is 31.0 Å². The first kappa shape index (κ1) is 11.1. The number of hydrogen-bond acceptors (Lipinski definition) is 3. The van der Waals surface area contributed by atoms with Gasteiger partial charge in [-0.2, -0.15) is 5.10 Å². The minimum absolute atomic E-state index is 0.262. The van der Waals surface area contributed by atoms with E-state index in [0.29, 0.717) is 0 Å². The van der Waals surface area contributed by atoms with E-state index in [1.54, 1.807) is 13.2 Å². The van der Waals surface area contributed by atoms with Crippen molar-refractivity contribution in [2.24, 2.45) is 5.73 Å². The average Bonchev–Trinajstić information content (AvgIpc) is 2.84. The summed E-state index contributed by atoms with van der Waals surface area (Å²) in [5.74, 6) is -0.262. The summed E-state index contributed by atoms with van der Waals surface area (Å²) in [7, 11) is 1.79. The molecule has 0 aliphatic heterocycles. The van der Waals surface area contributed by atoms with Crippen LogP contribution in [0.4, 0.5) is 0 Å². The number of rotatable bonds is 3. The average molecular weight is 222 g/mol. The number of aryl methyl sites for hydroxylation is 1. The maximum Gasteiger partial charge on any atom is 0.237 e. The molecule has 1 aromatic rings. The molecule has 1 aliphatic rings. The minimum Gasteiger partial charge on any atom is -0.368 e. The molecule has 1 aromatic heterocycles. The summed E-state index contributed by atoms with van der Waals surface area (Å²) >= 11 is 0. The molecule has 0 spiro atoms. The van der Waals surface area contributed by atoms with Gasteiger partial charge in [0.25, 0.3) is 0 Å². The molecule has 2 atom stereocenters. The van der Waals surface area contributed by atoms with Gasteiger partial charge in [0, 0.05) is 11.9 Å². The fraction of sp³-hybridized carbons (Fsp3) is 0.636. The molecule has 5 nitrogen and oxygen atoms in total. The highest BCUT2D eigenvalue weighted by molar-refractivity contribution is 5.85. The van der Waals surface area contributed by atoms with Gasteiger partial charge in [-0.15, -0.1) is 0 Å². The monoisotopic (exact) mass is 222 g/mol. The number of nitrogens with two attached hydrogens (primary N) is 1. The van der Waals surface area contributed by atoms with Gasteiger partial charge in [-0.3, -0.25) is 9.48 Å². The summed E-state index contributed by atoms with van der Waals surface area (Å²) < 4.78 is 1.99. The Morgan fingerprint density at radius 2 is 2.50 bits per heavy atom. The number of primary amides is 1. The molecular formula is C11H18N4O. The van der Waals surface area contributed by atoms with Crippen LogP contribution in [0.3, 0.4) is 0 Å². The van der Waals surface area contributed by atoms with Crippen molar-refractivity contribution in [1.82, 2.24) is 15.1 Å². The molecule has 1 amide bonds. The summed E-state index contributed by atoms with van der Waals surface area (Å²) in [6, 6.07) is 2.25. The zero-order chi connectivity index (χ0) is 11.8. The van der Waals surface area contributed by atoms with E-state index in [-0.39, 0.29) is 11.9 Å². The van der Waals surface area contributed by atoms with E-state index in [4.69, 9.17) is 5.73 Å². The second-order valence-electron chi connectivity index (χ2n) is 4.51. The van der Waals surface area contributed by atoms with Crippen LogP contribution >= 0.6 is 0 Å². The third-order valence-corrected chi connectivity index (χ3v) is 3.65. The Bertz CT molecular complexity index is 400. The Hall–Kier alpha value is -1.36. The van der Waals surface area contributed by atoms with Crippen LogP contribution in [0.2, 0.25) is 0 Å². The Morgan fingerprint density at radius 1 is 1.75 bits per heavy atom. The number of carbonyl (C=O) groups excluding carboxylic acids is 1. The van der Waals surface area contributed by atoms with E-state index in [2.05, 4.69) is 10.4 Å². The van der Waals surface area contributed by atoms with Crippen LogP contribution in [-0.2, 0) is 4.79 Å². The Labute approximate surface area is 95.0 Å². The predicted molar refractivity (Wildman–Crippen MR) is 60.8 cm³/mol. The topological polar surface area (TPSA) is 72.9 Å². The summed E-state index contributed by atoms with van der Waals surface area (Å²) in [5, 5.41) is 7.37. The summed E-state index contributed by atoms with van der Waals surface area (Å²) in [6.45, 7) is 2.02. The van der Waals surface area contributed by atoms with E-state index in [9.17, 15) is 4.79 Å². The molecule has 88 valence electrons. The van der Waals surface area contributed by atoms with Crippen molar-refractivity contribution in [3.05, 3.63) is 18.0 Å². The molecule has 0 aromatic carbocycles. The second-order valence-corrected chi connectivity index (χ2v) is 4.51. The molecule has 1 saturated carbocycles. The van der Waals surface area contributed by atoms with Crippen LogP contribution in [0.5, 0.6) is 0 Å². The van der Waals surface area contributed by atoms with Crippen molar-refractivity contribution >= 4 is 5.91 Å². The maximum absolute atomic E-state index is 11.5. The van der Waals surface area contributed by atoms with Gasteiger partial charge in [0.2, 0.25) is 5.91 Å². The van der Waals surface area contributed by atoms with Crippen molar-refractivity contribution in [1.29, 1.82) is 0 Å². The Morgan fingerprint density at radius 3 is 2.94 bits per heavy atom. The highest BCUT2D eigenvalue weighted by Crippen LogP contribution is 2.37. The lowest BCUT2D eigenvalue weighted by Gasteiger charge is -2.25. The standard InChI is InChI=1S/C11H18N4O/c1-8-4-6-14-15(8)9-3-5-11(7-9,13-2)10(12)16/h4,6,9,13H,3,5,7H2,1-2H3,(H2,12,16). The highest BCUT2D eigenvalue weighted by atomic mass is 16.1. The van der Waals surface area contributed by atoms with Crippen molar-refractivity contribution in [2.45, 2.75) is 37.8 Å². The number of hydrogen-bond donors (Lipinski definition) is 2. The highest BCUT2D eigenvalue weighted by Gasteiger charge is 2.43. The molecule has 0 radical (unpaired) electrons. The molecule has 1 aliphatic carbocycles. The number of likely N-dealkylation sites (N-methyl/N-ethyl adjacent to an activating group) is 1. The van der Waals surface area contributed by atoms with Gasteiger partial charge in [0.1, 0.15) is 0 Å². The lowest BCUT2D eigenvalue weighted by molar-refractivity contribution is -0.124. The fourth-order valence-corrected chi connectivity index (χ4v) is 2.56. The van der Waals surface area contributed by atoms with Gasteiger partial charge in [0.05, 0.1) is 11.6 Å². The van der Waals surface area contributed by atoms with Gasteiger partial charge in [-0.1, -0.05) is 0 Å². The molecule has 1 heterocycles. The first-order valence-corrected chi connectivity index (χ1v) is 5.58. The molecule has 2 unspecified atom stereocenters. The first-order chi connectivity index (χ1) is 7.59. The summed E-state index contributed by atoms with van der Waals surface area (Å²) in [4.78, 5) is 11.5. The zero-order valence-corrected chi connectivity index (χ0v) is 9.73. The normalized spacial score (nSPS) is 29.5. The van der Waals surface area contributed by atoms with Gasteiger partial charge >= 0.3 is 0 Å². The molecule has 1 fully saturated rings. The number of carbonyl (C=O) groups is 1. The van der Waals surface area contributed by atoms with Crippen LogP contribution in [0.15, 0.2) is 12.3 Å². The van der Waals surface area contributed by atoms with E-state index in [0.717, 1.165) is 25.0 Å². The fourth-order valence-electron chi connectivity index (χ4n) is 2.56. The summed E-state index contributed by atoms with van der Waals surface area (Å²) in [6.07, 6.45) is 4.23. The largest absolute Gasteiger partial charge is 0.368 e. The third-order valence-electron chi connectivity index (χ3n) is 3.65. The number of nitrogens with zero attached hydrogens (tertiary/aromatic N) is 2. The predicted octanol–water partition coefficient (Wildman–Crippen LogP) is 0.360. The molecule has 3 N–H and O–H groups in total. The molecule has 5 heteroatoms. The quantitative estimate of drug-likeness (QED) is 0.775. The maximum atomic E-state index is 11.5. The van der Waals surface area contributed by atoms with Gasteiger partial charge in [0.15, 0.2) is 0 Å². The molecule has 2 rings (SSSR count). The Kier molecular flexibility index (Phi) is 2.71. The number of aromatic nitrogens is 2. The smallest absolute Gasteiger partial charge is 0.237 e. The van der Waals surface area contributed by atoms with Crippen molar-refractivity contribution < 1.29 is 4.79 Å². The van der Waals surface area contributed by atoms with Gasteiger partial charge in [-0.05, 0) is 39.3 Å². The zero-order valence-electron chi connectivity index (χ0n) is 9.73. The minimum atomic E-state index is -0.553. The van der Waals surface area contributed by atoms with E-state index >= 15 is 0 Å².